The Balaban J connectivity index is 1.48. The van der Waals surface area contributed by atoms with Gasteiger partial charge < -0.3 is 35.1 Å². The fraction of sp³-hybridized carbons (Fsp3) is 0.533. The summed E-state index contributed by atoms with van der Waals surface area (Å²) in [5.41, 5.74) is 1.66. The second-order valence-corrected chi connectivity index (χ2v) is 10.7. The summed E-state index contributed by atoms with van der Waals surface area (Å²) in [6.45, 7) is 13.1. The Morgan fingerprint density at radius 1 is 1.00 bits per heavy atom. The number of urea groups is 1. The predicted octanol–water partition coefficient (Wildman–Crippen LogP) is 4.15. The molecule has 1 saturated heterocycles. The highest BCUT2D eigenvalue weighted by atomic mass is 16.6. The maximum absolute atomic E-state index is 12.5. The third-order valence-electron chi connectivity index (χ3n) is 6.16. The lowest BCUT2D eigenvalue weighted by Crippen LogP contribution is -2.46. The van der Waals surface area contributed by atoms with Crippen LogP contribution in [0.5, 0.6) is 11.5 Å². The molecular formula is C30H44N4O5. The molecule has 3 amide bonds. The van der Waals surface area contributed by atoms with Crippen molar-refractivity contribution in [2.24, 2.45) is 0 Å². The number of benzene rings is 2. The number of amides is 3. The zero-order valence-corrected chi connectivity index (χ0v) is 23.9. The van der Waals surface area contributed by atoms with Crippen molar-refractivity contribution in [2.75, 3.05) is 39.4 Å². The zero-order valence-electron chi connectivity index (χ0n) is 23.9. The van der Waals surface area contributed by atoms with Crippen LogP contribution in [-0.2, 0) is 17.6 Å². The molecule has 3 rings (SSSR count). The standard InChI is InChI=1S/C30H44N4O5/c1-6-37-26-12-8-22(9-13-26)18-24(33-29(36)39-30(3,4)5)20-31-16-17-34-21-25(32-28(34)35)19-23-10-14-27(15-11-23)38-7-2/h8-15,24-25,31H,6-7,16-21H2,1-5H3,(H,32,35)(H,33,36)/t24-,25?/m0/s1. The minimum atomic E-state index is -0.577. The number of nitrogens with one attached hydrogen (secondary N) is 3. The van der Waals surface area contributed by atoms with Crippen molar-refractivity contribution in [3.8, 4) is 11.5 Å². The van der Waals surface area contributed by atoms with Crippen LogP contribution in [0.25, 0.3) is 0 Å². The molecule has 214 valence electrons. The number of nitrogens with zero attached hydrogens (tertiary/aromatic N) is 1. The lowest BCUT2D eigenvalue weighted by atomic mass is 10.1. The molecule has 1 fully saturated rings. The van der Waals surface area contributed by atoms with E-state index in [2.05, 4.69) is 16.0 Å². The van der Waals surface area contributed by atoms with Gasteiger partial charge in [-0.1, -0.05) is 24.3 Å². The van der Waals surface area contributed by atoms with E-state index < -0.39 is 11.7 Å². The molecular weight excluding hydrogens is 496 g/mol. The molecule has 0 bridgehead atoms. The van der Waals surface area contributed by atoms with Crippen LogP contribution in [0.4, 0.5) is 9.59 Å². The molecule has 0 spiro atoms. The average molecular weight is 541 g/mol. The smallest absolute Gasteiger partial charge is 0.407 e. The first kappa shape index (κ1) is 30.1. The van der Waals surface area contributed by atoms with Crippen LogP contribution >= 0.6 is 0 Å². The fourth-order valence-electron chi connectivity index (χ4n) is 4.45. The van der Waals surface area contributed by atoms with Gasteiger partial charge in [-0.15, -0.1) is 0 Å². The fourth-order valence-corrected chi connectivity index (χ4v) is 4.45. The first-order valence-corrected chi connectivity index (χ1v) is 13.8. The highest BCUT2D eigenvalue weighted by molar-refractivity contribution is 5.77. The molecule has 1 unspecified atom stereocenters. The van der Waals surface area contributed by atoms with E-state index in [0.29, 0.717) is 45.8 Å². The quantitative estimate of drug-likeness (QED) is 0.311. The van der Waals surface area contributed by atoms with Crippen LogP contribution in [0.3, 0.4) is 0 Å². The first-order valence-electron chi connectivity index (χ1n) is 13.8. The van der Waals surface area contributed by atoms with Crippen molar-refractivity contribution in [3.05, 3.63) is 59.7 Å². The van der Waals surface area contributed by atoms with Gasteiger partial charge in [0, 0.05) is 32.2 Å². The Kier molecular flexibility index (Phi) is 11.3. The number of rotatable bonds is 14. The number of hydrogen-bond donors (Lipinski definition) is 3. The van der Waals surface area contributed by atoms with E-state index in [-0.39, 0.29) is 18.1 Å². The third-order valence-corrected chi connectivity index (χ3v) is 6.16. The van der Waals surface area contributed by atoms with Gasteiger partial charge in [0.05, 0.1) is 19.3 Å². The normalized spacial score (nSPS) is 16.0. The van der Waals surface area contributed by atoms with E-state index in [0.717, 1.165) is 29.0 Å². The number of carbonyl (C=O) groups is 2. The van der Waals surface area contributed by atoms with Crippen molar-refractivity contribution >= 4 is 12.1 Å². The average Bonchev–Trinajstić information content (AvgIpc) is 3.22. The van der Waals surface area contributed by atoms with Gasteiger partial charge in [-0.2, -0.15) is 0 Å². The SMILES string of the molecule is CCOc1ccc(CC2CN(CCNC[C@H](Cc3ccc(OCC)cc3)NC(=O)OC(C)(C)C)C(=O)N2)cc1. The summed E-state index contributed by atoms with van der Waals surface area (Å²) in [5, 5.41) is 9.47. The number of hydrogen-bond acceptors (Lipinski definition) is 6. The van der Waals surface area contributed by atoms with Gasteiger partial charge in [-0.25, -0.2) is 9.59 Å². The van der Waals surface area contributed by atoms with Crippen LogP contribution in [0.2, 0.25) is 0 Å². The maximum atomic E-state index is 12.5. The summed E-state index contributed by atoms with van der Waals surface area (Å²) in [5.74, 6) is 1.67. The molecule has 1 aliphatic heterocycles. The summed E-state index contributed by atoms with van der Waals surface area (Å²) in [7, 11) is 0. The predicted molar refractivity (Wildman–Crippen MR) is 153 cm³/mol. The van der Waals surface area contributed by atoms with Crippen molar-refractivity contribution in [2.45, 2.75) is 65.1 Å². The van der Waals surface area contributed by atoms with Gasteiger partial charge in [-0.3, -0.25) is 0 Å². The molecule has 3 N–H and O–H groups in total. The van der Waals surface area contributed by atoms with E-state index in [1.165, 1.54) is 0 Å². The molecule has 0 aliphatic carbocycles. The van der Waals surface area contributed by atoms with E-state index in [1.807, 2.05) is 88.0 Å². The Labute approximate surface area is 232 Å². The second-order valence-electron chi connectivity index (χ2n) is 10.7. The largest absolute Gasteiger partial charge is 0.494 e. The topological polar surface area (TPSA) is 101 Å². The van der Waals surface area contributed by atoms with Crippen LogP contribution in [0, 0.1) is 0 Å². The number of alkyl carbamates (subject to hydrolysis) is 1. The van der Waals surface area contributed by atoms with Crippen molar-refractivity contribution in [3.63, 3.8) is 0 Å². The second kappa shape index (κ2) is 14.6. The molecule has 1 aliphatic rings. The Morgan fingerprint density at radius 3 is 2.15 bits per heavy atom. The minimum Gasteiger partial charge on any atom is -0.494 e. The molecule has 2 aromatic carbocycles. The minimum absolute atomic E-state index is 0.0504. The Hall–Kier alpha value is -3.46. The van der Waals surface area contributed by atoms with Crippen molar-refractivity contribution in [1.29, 1.82) is 0 Å². The van der Waals surface area contributed by atoms with Gasteiger partial charge >= 0.3 is 12.1 Å². The lowest BCUT2D eigenvalue weighted by molar-refractivity contribution is 0.0503. The molecule has 1 heterocycles. The van der Waals surface area contributed by atoms with Crippen molar-refractivity contribution < 1.29 is 23.8 Å². The monoisotopic (exact) mass is 540 g/mol. The Bertz CT molecular complexity index is 1040. The van der Waals surface area contributed by atoms with Crippen LogP contribution in [0.15, 0.2) is 48.5 Å². The summed E-state index contributed by atoms with van der Waals surface area (Å²) in [6, 6.07) is 15.7. The molecule has 9 nitrogen and oxygen atoms in total. The van der Waals surface area contributed by atoms with Gasteiger partial charge in [-0.05, 0) is 82.9 Å². The van der Waals surface area contributed by atoms with E-state index in [4.69, 9.17) is 14.2 Å². The van der Waals surface area contributed by atoms with Gasteiger partial charge in [0.15, 0.2) is 0 Å². The van der Waals surface area contributed by atoms with Crippen LogP contribution < -0.4 is 25.4 Å². The van der Waals surface area contributed by atoms with Crippen LogP contribution in [-0.4, -0.2) is 74.1 Å². The number of ether oxygens (including phenoxy) is 3. The van der Waals surface area contributed by atoms with Gasteiger partial charge in [0.2, 0.25) is 0 Å². The lowest BCUT2D eigenvalue weighted by Gasteiger charge is -2.24. The highest BCUT2D eigenvalue weighted by Crippen LogP contribution is 2.16. The summed E-state index contributed by atoms with van der Waals surface area (Å²) in [6.07, 6.45) is 0.954. The Morgan fingerprint density at radius 2 is 1.59 bits per heavy atom. The molecule has 0 aromatic heterocycles. The van der Waals surface area contributed by atoms with Crippen molar-refractivity contribution in [1.82, 2.24) is 20.9 Å². The summed E-state index contributed by atoms with van der Waals surface area (Å²) in [4.78, 5) is 26.8. The molecule has 2 atom stereocenters. The molecule has 2 aromatic rings. The zero-order chi connectivity index (χ0) is 28.3. The highest BCUT2D eigenvalue weighted by Gasteiger charge is 2.28. The maximum Gasteiger partial charge on any atom is 0.407 e. The molecule has 0 radical (unpaired) electrons. The van der Waals surface area contributed by atoms with E-state index in [1.54, 1.807) is 0 Å². The molecule has 9 heteroatoms. The van der Waals surface area contributed by atoms with Gasteiger partial charge in [0.1, 0.15) is 17.1 Å². The first-order chi connectivity index (χ1) is 18.6. The molecule has 39 heavy (non-hydrogen) atoms. The van der Waals surface area contributed by atoms with Gasteiger partial charge in [0.25, 0.3) is 0 Å². The third kappa shape index (κ3) is 10.7. The van der Waals surface area contributed by atoms with E-state index in [9.17, 15) is 9.59 Å². The summed E-state index contributed by atoms with van der Waals surface area (Å²) >= 11 is 0. The summed E-state index contributed by atoms with van der Waals surface area (Å²) < 4.78 is 16.5. The number of carbonyl (C=O) groups excluding carboxylic acids is 2. The molecule has 0 saturated carbocycles. The van der Waals surface area contributed by atoms with Crippen LogP contribution in [0.1, 0.15) is 45.7 Å². The van der Waals surface area contributed by atoms with E-state index >= 15 is 0 Å².